The summed E-state index contributed by atoms with van der Waals surface area (Å²) in [6, 6.07) is 7.53. The van der Waals surface area contributed by atoms with Gasteiger partial charge in [-0.25, -0.2) is 0 Å². The van der Waals surface area contributed by atoms with E-state index in [-0.39, 0.29) is 5.78 Å². The third-order valence-electron chi connectivity index (χ3n) is 2.30. The minimum atomic E-state index is 0.0615. The van der Waals surface area contributed by atoms with Gasteiger partial charge in [0, 0.05) is 14.5 Å². The molecule has 1 nitrogen and oxygen atoms in total. The van der Waals surface area contributed by atoms with E-state index in [2.05, 4.69) is 47.8 Å². The number of aryl methyl sites for hydroxylation is 1. The van der Waals surface area contributed by atoms with Crippen molar-refractivity contribution in [1.29, 1.82) is 0 Å². The van der Waals surface area contributed by atoms with Crippen molar-refractivity contribution in [3.8, 4) is 0 Å². The van der Waals surface area contributed by atoms with Crippen molar-refractivity contribution in [3.63, 3.8) is 0 Å². The summed E-state index contributed by atoms with van der Waals surface area (Å²) in [4.78, 5) is 13.0. The molecule has 0 unspecified atom stereocenters. The van der Waals surface area contributed by atoms with Gasteiger partial charge in [0.1, 0.15) is 0 Å². The van der Waals surface area contributed by atoms with E-state index in [1.165, 1.54) is 11.3 Å². The van der Waals surface area contributed by atoms with E-state index in [4.69, 9.17) is 0 Å². The Morgan fingerprint density at radius 2 is 1.88 bits per heavy atom. The highest BCUT2D eigenvalue weighted by Crippen LogP contribution is 2.34. The van der Waals surface area contributed by atoms with Crippen LogP contribution in [0, 0.1) is 6.92 Å². The van der Waals surface area contributed by atoms with Crippen molar-refractivity contribution in [1.82, 2.24) is 0 Å². The lowest BCUT2D eigenvalue weighted by molar-refractivity contribution is 0.104. The number of rotatable bonds is 2. The molecule has 2 aromatic rings. The van der Waals surface area contributed by atoms with Crippen molar-refractivity contribution in [2.75, 3.05) is 0 Å². The highest BCUT2D eigenvalue weighted by molar-refractivity contribution is 9.13. The highest BCUT2D eigenvalue weighted by Gasteiger charge is 2.15. The number of hydrogen-bond donors (Lipinski definition) is 0. The zero-order chi connectivity index (χ0) is 12.6. The van der Waals surface area contributed by atoms with Gasteiger partial charge in [-0.15, -0.1) is 11.3 Å². The quantitative estimate of drug-likeness (QED) is 0.560. The smallest absolute Gasteiger partial charge is 0.203 e. The molecule has 0 bridgehead atoms. The second-order valence-electron chi connectivity index (χ2n) is 3.52. The third-order valence-corrected chi connectivity index (χ3v) is 6.05. The Bertz CT molecular complexity index is 570. The molecule has 2 rings (SSSR count). The zero-order valence-electron chi connectivity index (χ0n) is 8.76. The molecule has 17 heavy (non-hydrogen) atoms. The lowest BCUT2D eigenvalue weighted by atomic mass is 10.0. The van der Waals surface area contributed by atoms with E-state index < -0.39 is 0 Å². The van der Waals surface area contributed by atoms with Crippen LogP contribution in [0.2, 0.25) is 0 Å². The number of carbonyl (C=O) groups excluding carboxylic acids is 1. The third kappa shape index (κ3) is 2.89. The summed E-state index contributed by atoms with van der Waals surface area (Å²) in [7, 11) is 0. The van der Waals surface area contributed by atoms with Crippen LogP contribution >= 0.6 is 59.1 Å². The summed E-state index contributed by atoms with van der Waals surface area (Å²) >= 11 is 11.6. The molecule has 0 spiro atoms. The Morgan fingerprint density at radius 1 is 1.18 bits per heavy atom. The second kappa shape index (κ2) is 5.34. The average molecular weight is 439 g/mol. The van der Waals surface area contributed by atoms with Gasteiger partial charge < -0.3 is 0 Å². The van der Waals surface area contributed by atoms with Crippen molar-refractivity contribution >= 4 is 64.9 Å². The molecular formula is C12H7Br3OS. The molecule has 0 saturated heterocycles. The van der Waals surface area contributed by atoms with Crippen LogP contribution in [0.25, 0.3) is 0 Å². The first-order valence-corrected chi connectivity index (χ1v) is 7.94. The summed E-state index contributed by atoms with van der Waals surface area (Å²) in [5, 5.41) is 0. The first kappa shape index (κ1) is 13.5. The summed E-state index contributed by atoms with van der Waals surface area (Å²) < 4.78 is 2.84. The highest BCUT2D eigenvalue weighted by atomic mass is 79.9. The van der Waals surface area contributed by atoms with Crippen LogP contribution in [0.3, 0.4) is 0 Å². The average Bonchev–Trinajstić information content (AvgIpc) is 2.58. The summed E-state index contributed by atoms with van der Waals surface area (Å²) in [6.07, 6.45) is 0. The molecular weight excluding hydrogens is 432 g/mol. The molecule has 0 aliphatic rings. The van der Waals surface area contributed by atoms with Crippen molar-refractivity contribution in [2.24, 2.45) is 0 Å². The van der Waals surface area contributed by atoms with E-state index in [0.29, 0.717) is 0 Å². The molecule has 0 aliphatic heterocycles. The van der Waals surface area contributed by atoms with Gasteiger partial charge in [0.15, 0.2) is 0 Å². The Balaban J connectivity index is 2.43. The largest absolute Gasteiger partial charge is 0.288 e. The molecule has 5 heteroatoms. The van der Waals surface area contributed by atoms with E-state index in [0.717, 1.165) is 28.7 Å². The van der Waals surface area contributed by atoms with Crippen molar-refractivity contribution in [2.45, 2.75) is 6.92 Å². The molecule has 0 N–H and O–H groups in total. The molecule has 1 aromatic carbocycles. The first-order chi connectivity index (χ1) is 7.99. The summed E-state index contributed by atoms with van der Waals surface area (Å²) in [5.74, 6) is 0.0615. The van der Waals surface area contributed by atoms with Crippen LogP contribution in [0.15, 0.2) is 37.0 Å². The standard InChI is InChI=1S/C12H7Br3OS/c1-6-4-7(13)2-3-8(6)11(16)10-5-9(14)12(15)17-10/h2-5H,1H3. The first-order valence-electron chi connectivity index (χ1n) is 4.74. The van der Waals surface area contributed by atoms with E-state index >= 15 is 0 Å². The fourth-order valence-corrected chi connectivity index (χ4v) is 3.94. The van der Waals surface area contributed by atoms with Gasteiger partial charge in [0.2, 0.25) is 5.78 Å². The molecule has 0 fully saturated rings. The predicted octanol–water partition coefficient (Wildman–Crippen LogP) is 5.58. The fourth-order valence-electron chi connectivity index (χ4n) is 1.47. The Kier molecular flexibility index (Phi) is 4.23. The molecule has 0 amide bonds. The number of ketones is 1. The van der Waals surface area contributed by atoms with Crippen molar-refractivity contribution in [3.05, 3.63) is 53.0 Å². The van der Waals surface area contributed by atoms with Crippen LogP contribution in [0.4, 0.5) is 0 Å². The SMILES string of the molecule is Cc1cc(Br)ccc1C(=O)c1cc(Br)c(Br)s1. The Labute approximate surface area is 129 Å². The molecule has 0 saturated carbocycles. The normalized spacial score (nSPS) is 10.6. The maximum Gasteiger partial charge on any atom is 0.203 e. The number of thiophene rings is 1. The van der Waals surface area contributed by atoms with Gasteiger partial charge >= 0.3 is 0 Å². The van der Waals surface area contributed by atoms with Crippen LogP contribution in [0.1, 0.15) is 20.8 Å². The molecule has 1 aromatic heterocycles. The van der Waals surface area contributed by atoms with Gasteiger partial charge in [0.05, 0.1) is 8.66 Å². The number of halogens is 3. The molecule has 0 radical (unpaired) electrons. The van der Waals surface area contributed by atoms with E-state index in [1.807, 2.05) is 31.2 Å². The second-order valence-corrected chi connectivity index (χ2v) is 7.66. The summed E-state index contributed by atoms with van der Waals surface area (Å²) in [5.41, 5.74) is 1.72. The monoisotopic (exact) mass is 436 g/mol. The fraction of sp³-hybridized carbons (Fsp3) is 0.0833. The van der Waals surface area contributed by atoms with Crippen LogP contribution in [-0.2, 0) is 0 Å². The van der Waals surface area contributed by atoms with Gasteiger partial charge in [-0.3, -0.25) is 4.79 Å². The predicted molar refractivity (Wildman–Crippen MR) is 82.0 cm³/mol. The van der Waals surface area contributed by atoms with Crippen LogP contribution < -0.4 is 0 Å². The molecule has 1 heterocycles. The number of benzene rings is 1. The minimum Gasteiger partial charge on any atom is -0.288 e. The zero-order valence-corrected chi connectivity index (χ0v) is 14.3. The lowest BCUT2D eigenvalue weighted by Gasteiger charge is -2.03. The van der Waals surface area contributed by atoms with E-state index in [9.17, 15) is 4.79 Å². The number of hydrogen-bond acceptors (Lipinski definition) is 2. The lowest BCUT2D eigenvalue weighted by Crippen LogP contribution is -2.01. The minimum absolute atomic E-state index is 0.0615. The molecule has 0 aliphatic carbocycles. The van der Waals surface area contributed by atoms with Crippen molar-refractivity contribution < 1.29 is 4.79 Å². The maximum atomic E-state index is 12.3. The Morgan fingerprint density at radius 3 is 2.41 bits per heavy atom. The van der Waals surface area contributed by atoms with Crippen LogP contribution in [-0.4, -0.2) is 5.78 Å². The Hall–Kier alpha value is 0.0300. The van der Waals surface area contributed by atoms with Crippen LogP contribution in [0.5, 0.6) is 0 Å². The van der Waals surface area contributed by atoms with Gasteiger partial charge in [-0.1, -0.05) is 15.9 Å². The molecule has 88 valence electrons. The maximum absolute atomic E-state index is 12.3. The van der Waals surface area contributed by atoms with Gasteiger partial charge in [-0.2, -0.15) is 0 Å². The summed E-state index contributed by atoms with van der Waals surface area (Å²) in [6.45, 7) is 1.94. The van der Waals surface area contributed by atoms with Gasteiger partial charge in [-0.05, 0) is 68.6 Å². The molecule has 0 atom stereocenters. The van der Waals surface area contributed by atoms with E-state index in [1.54, 1.807) is 0 Å². The van der Waals surface area contributed by atoms with Gasteiger partial charge in [0.25, 0.3) is 0 Å². The topological polar surface area (TPSA) is 17.1 Å². The number of carbonyl (C=O) groups is 1.